The monoisotopic (exact) mass is 336 g/mol. The number of aldehydes is 1. The normalized spacial score (nSPS) is 11.9. The third-order valence-corrected chi connectivity index (χ3v) is 4.01. The Morgan fingerprint density at radius 3 is 2.64 bits per heavy atom. The second kappa shape index (κ2) is 8.82. The number of carbonyl (C=O) groups excluding carboxylic acids is 1. The maximum absolute atomic E-state index is 10.4. The summed E-state index contributed by atoms with van der Waals surface area (Å²) in [5, 5.41) is 0.410. The topological polar surface area (TPSA) is 26.3 Å². The zero-order chi connectivity index (χ0) is 15.8. The summed E-state index contributed by atoms with van der Waals surface area (Å²) >= 11 is 12.5. The van der Waals surface area contributed by atoms with Gasteiger partial charge in [-0.2, -0.15) is 0 Å². The maximum atomic E-state index is 10.4. The van der Waals surface area contributed by atoms with E-state index in [0.717, 1.165) is 29.6 Å². The van der Waals surface area contributed by atoms with Crippen LogP contribution in [-0.2, 0) is 11.4 Å². The third kappa shape index (κ3) is 5.04. The fourth-order valence-electron chi connectivity index (χ4n) is 2.17. The summed E-state index contributed by atoms with van der Waals surface area (Å²) in [4.78, 5) is 10.4. The van der Waals surface area contributed by atoms with Crippen LogP contribution in [0.5, 0.6) is 5.75 Å². The molecule has 2 aromatic carbocycles. The van der Waals surface area contributed by atoms with Crippen LogP contribution in [0.3, 0.4) is 0 Å². The number of benzene rings is 2. The Bertz CT molecular complexity index is 599. The zero-order valence-corrected chi connectivity index (χ0v) is 13.7. The Labute approximate surface area is 141 Å². The molecule has 0 saturated carbocycles. The molecule has 22 heavy (non-hydrogen) atoms. The largest absolute Gasteiger partial charge is 0.489 e. The number of hydrogen-bond donors (Lipinski definition) is 0. The van der Waals surface area contributed by atoms with Gasteiger partial charge in [-0.15, -0.1) is 11.6 Å². The highest BCUT2D eigenvalue weighted by Crippen LogP contribution is 2.35. The molecule has 0 saturated heterocycles. The number of alkyl halides is 1. The Hall–Kier alpha value is -1.51. The predicted molar refractivity (Wildman–Crippen MR) is 90.7 cm³/mol. The minimum absolute atomic E-state index is 0.218. The van der Waals surface area contributed by atoms with Gasteiger partial charge in [0.2, 0.25) is 0 Å². The van der Waals surface area contributed by atoms with E-state index in [2.05, 4.69) is 0 Å². The maximum Gasteiger partial charge on any atom is 0.124 e. The molecular formula is C18H18Cl2O2. The molecule has 4 heteroatoms. The average Bonchev–Trinajstić information content (AvgIpc) is 2.54. The van der Waals surface area contributed by atoms with Gasteiger partial charge in [-0.1, -0.05) is 41.9 Å². The number of unbranched alkanes of at least 4 members (excludes halogenated alkanes) is 1. The first kappa shape index (κ1) is 16.9. The SMILES string of the molecule is O=CCCCC(Cl)c1cc(Cl)ccc1OCc1ccccc1. The molecule has 2 nitrogen and oxygen atoms in total. The molecule has 0 aliphatic heterocycles. The quantitative estimate of drug-likeness (QED) is 0.358. The Balaban J connectivity index is 2.08. The number of ether oxygens (including phenoxy) is 1. The van der Waals surface area contributed by atoms with Crippen molar-refractivity contribution in [3.05, 3.63) is 64.7 Å². The van der Waals surface area contributed by atoms with E-state index in [4.69, 9.17) is 27.9 Å². The highest BCUT2D eigenvalue weighted by molar-refractivity contribution is 6.31. The second-order valence-corrected chi connectivity index (χ2v) is 5.98. The lowest BCUT2D eigenvalue weighted by atomic mass is 10.1. The van der Waals surface area contributed by atoms with E-state index in [9.17, 15) is 4.79 Å². The van der Waals surface area contributed by atoms with Crippen LogP contribution in [-0.4, -0.2) is 6.29 Å². The lowest BCUT2D eigenvalue weighted by Gasteiger charge is -2.16. The van der Waals surface area contributed by atoms with Gasteiger partial charge in [0.25, 0.3) is 0 Å². The van der Waals surface area contributed by atoms with Crippen molar-refractivity contribution >= 4 is 29.5 Å². The molecule has 0 fully saturated rings. The number of rotatable bonds is 8. The Morgan fingerprint density at radius 2 is 1.91 bits per heavy atom. The van der Waals surface area contributed by atoms with Crippen molar-refractivity contribution in [1.82, 2.24) is 0 Å². The number of halogens is 2. The smallest absolute Gasteiger partial charge is 0.124 e. The van der Waals surface area contributed by atoms with Crippen LogP contribution in [0.2, 0.25) is 5.02 Å². The van der Waals surface area contributed by atoms with Gasteiger partial charge in [-0.05, 0) is 36.6 Å². The summed E-state index contributed by atoms with van der Waals surface area (Å²) in [6, 6.07) is 15.4. The fourth-order valence-corrected chi connectivity index (χ4v) is 2.67. The molecule has 0 aliphatic rings. The molecule has 1 unspecified atom stereocenters. The van der Waals surface area contributed by atoms with Crippen LogP contribution in [0.1, 0.15) is 35.8 Å². The van der Waals surface area contributed by atoms with Gasteiger partial charge in [0, 0.05) is 17.0 Å². The minimum atomic E-state index is -0.218. The molecule has 116 valence electrons. The van der Waals surface area contributed by atoms with Crippen molar-refractivity contribution in [3.8, 4) is 5.75 Å². The standard InChI is InChI=1S/C18H18Cl2O2/c19-15-9-10-18(22-13-14-6-2-1-3-7-14)16(12-15)17(20)8-4-5-11-21/h1-3,6-7,9-12,17H,4-5,8,13H2. The third-order valence-electron chi connectivity index (χ3n) is 3.33. The minimum Gasteiger partial charge on any atom is -0.489 e. The Morgan fingerprint density at radius 1 is 1.14 bits per heavy atom. The first-order valence-electron chi connectivity index (χ1n) is 7.24. The lowest BCUT2D eigenvalue weighted by molar-refractivity contribution is -0.107. The molecule has 0 N–H and O–H groups in total. The van der Waals surface area contributed by atoms with Crippen LogP contribution in [0.25, 0.3) is 0 Å². The molecule has 1 atom stereocenters. The molecule has 0 amide bonds. The van der Waals surface area contributed by atoms with Crippen LogP contribution in [0, 0.1) is 0 Å². The molecule has 0 aromatic heterocycles. The fraction of sp³-hybridized carbons (Fsp3) is 0.278. The van der Waals surface area contributed by atoms with E-state index in [0.29, 0.717) is 24.5 Å². The highest BCUT2D eigenvalue weighted by atomic mass is 35.5. The number of carbonyl (C=O) groups is 1. The summed E-state index contributed by atoms with van der Waals surface area (Å²) in [5.41, 5.74) is 1.96. The van der Waals surface area contributed by atoms with Crippen molar-refractivity contribution in [2.75, 3.05) is 0 Å². The summed E-state index contributed by atoms with van der Waals surface area (Å²) in [6.45, 7) is 0.480. The van der Waals surface area contributed by atoms with Crippen LogP contribution in [0.15, 0.2) is 48.5 Å². The van der Waals surface area contributed by atoms with Crippen molar-refractivity contribution in [3.63, 3.8) is 0 Å². The van der Waals surface area contributed by atoms with Crippen molar-refractivity contribution in [2.45, 2.75) is 31.2 Å². The second-order valence-electron chi connectivity index (χ2n) is 5.02. The van der Waals surface area contributed by atoms with Crippen LogP contribution >= 0.6 is 23.2 Å². The van der Waals surface area contributed by atoms with Crippen LogP contribution in [0.4, 0.5) is 0 Å². The average molecular weight is 337 g/mol. The van der Waals surface area contributed by atoms with E-state index >= 15 is 0 Å². The molecule has 2 rings (SSSR count). The molecule has 0 aliphatic carbocycles. The molecule has 0 heterocycles. The van der Waals surface area contributed by atoms with E-state index in [1.807, 2.05) is 42.5 Å². The molecular weight excluding hydrogens is 319 g/mol. The van der Waals surface area contributed by atoms with Crippen molar-refractivity contribution in [2.24, 2.45) is 0 Å². The van der Waals surface area contributed by atoms with Crippen LogP contribution < -0.4 is 4.74 Å². The van der Waals surface area contributed by atoms with Gasteiger partial charge in [-0.25, -0.2) is 0 Å². The van der Waals surface area contributed by atoms with Gasteiger partial charge in [0.05, 0.1) is 5.38 Å². The zero-order valence-electron chi connectivity index (χ0n) is 12.2. The number of hydrogen-bond acceptors (Lipinski definition) is 2. The van der Waals surface area contributed by atoms with E-state index in [1.54, 1.807) is 6.07 Å². The van der Waals surface area contributed by atoms with E-state index in [1.165, 1.54) is 0 Å². The summed E-state index contributed by atoms with van der Waals surface area (Å²) in [6.07, 6.45) is 2.89. The molecule has 0 spiro atoms. The lowest BCUT2D eigenvalue weighted by Crippen LogP contribution is -2.00. The summed E-state index contributed by atoms with van der Waals surface area (Å²) in [5.74, 6) is 0.736. The van der Waals surface area contributed by atoms with Gasteiger partial charge in [-0.3, -0.25) is 0 Å². The van der Waals surface area contributed by atoms with E-state index < -0.39 is 0 Å². The molecule has 2 aromatic rings. The van der Waals surface area contributed by atoms with Gasteiger partial charge in [0.1, 0.15) is 18.6 Å². The van der Waals surface area contributed by atoms with Gasteiger partial charge >= 0.3 is 0 Å². The highest BCUT2D eigenvalue weighted by Gasteiger charge is 2.14. The Kier molecular flexibility index (Phi) is 6.75. The first-order chi connectivity index (χ1) is 10.7. The molecule has 0 bridgehead atoms. The van der Waals surface area contributed by atoms with Crippen molar-refractivity contribution < 1.29 is 9.53 Å². The summed E-state index contributed by atoms with van der Waals surface area (Å²) < 4.78 is 5.89. The van der Waals surface area contributed by atoms with Gasteiger partial charge < -0.3 is 9.53 Å². The molecule has 0 radical (unpaired) electrons. The van der Waals surface area contributed by atoms with Gasteiger partial charge in [0.15, 0.2) is 0 Å². The predicted octanol–water partition coefficient (Wildman–Crippen LogP) is 5.57. The first-order valence-corrected chi connectivity index (χ1v) is 8.06. The van der Waals surface area contributed by atoms with Crippen molar-refractivity contribution in [1.29, 1.82) is 0 Å². The summed E-state index contributed by atoms with van der Waals surface area (Å²) in [7, 11) is 0. The van der Waals surface area contributed by atoms with E-state index in [-0.39, 0.29) is 5.38 Å².